The average Bonchev–Trinajstić information content (AvgIpc) is 2.59. The summed E-state index contributed by atoms with van der Waals surface area (Å²) in [6.07, 6.45) is 4.79. The Morgan fingerprint density at radius 3 is 2.58 bits per heavy atom. The minimum absolute atomic E-state index is 0.0466. The van der Waals surface area contributed by atoms with E-state index in [9.17, 15) is 13.2 Å². The Kier molecular flexibility index (Phi) is 5.24. The van der Waals surface area contributed by atoms with Crippen molar-refractivity contribution in [2.45, 2.75) is 13.1 Å². The summed E-state index contributed by atoms with van der Waals surface area (Å²) in [5, 5.41) is 2.89. The quantitative estimate of drug-likeness (QED) is 0.827. The molecule has 2 aliphatic rings. The van der Waals surface area contributed by atoms with Crippen LogP contribution in [0, 0.1) is 0 Å². The number of fused-ring (bicyclic) bond motifs is 1. The number of hydrogen-bond acceptors (Lipinski definition) is 5. The van der Waals surface area contributed by atoms with Crippen molar-refractivity contribution in [3.63, 3.8) is 0 Å². The number of nitrogens with zero attached hydrogens (tertiary/aromatic N) is 3. The van der Waals surface area contributed by atoms with Crippen LogP contribution in [0.25, 0.3) is 0 Å². The summed E-state index contributed by atoms with van der Waals surface area (Å²) < 4.78 is 26.7. The van der Waals surface area contributed by atoms with Crippen molar-refractivity contribution in [1.82, 2.24) is 15.1 Å². The van der Waals surface area contributed by atoms with Gasteiger partial charge in [-0.25, -0.2) is 8.42 Å². The van der Waals surface area contributed by atoms with Gasteiger partial charge in [0.05, 0.1) is 11.3 Å². The molecule has 138 valence electrons. The SMILES string of the molecule is CN(C)Cc1ccc(CNC(=O)C2=CN3CCS(=O)(=O)N=C3C=C2)cc1. The van der Waals surface area contributed by atoms with Gasteiger partial charge in [0.2, 0.25) is 0 Å². The highest BCUT2D eigenvalue weighted by molar-refractivity contribution is 7.90. The van der Waals surface area contributed by atoms with Crippen LogP contribution in [-0.2, 0) is 27.9 Å². The Morgan fingerprint density at radius 1 is 1.19 bits per heavy atom. The van der Waals surface area contributed by atoms with Gasteiger partial charge in [-0.05, 0) is 37.4 Å². The molecule has 0 saturated heterocycles. The van der Waals surface area contributed by atoms with Crippen LogP contribution in [0.4, 0.5) is 0 Å². The maximum absolute atomic E-state index is 12.4. The Bertz CT molecular complexity index is 884. The lowest BCUT2D eigenvalue weighted by Crippen LogP contribution is -2.38. The zero-order valence-corrected chi connectivity index (χ0v) is 15.7. The Hall–Kier alpha value is -2.45. The fourth-order valence-electron chi connectivity index (χ4n) is 2.75. The van der Waals surface area contributed by atoms with Gasteiger partial charge < -0.3 is 15.1 Å². The van der Waals surface area contributed by atoms with Gasteiger partial charge in [0.1, 0.15) is 5.84 Å². The van der Waals surface area contributed by atoms with E-state index in [1.54, 1.807) is 23.3 Å². The first kappa shape index (κ1) is 18.3. The fourth-order valence-corrected chi connectivity index (χ4v) is 3.72. The minimum atomic E-state index is -3.39. The van der Waals surface area contributed by atoms with Crippen LogP contribution < -0.4 is 5.32 Å². The van der Waals surface area contributed by atoms with Gasteiger partial charge in [0, 0.05) is 25.8 Å². The van der Waals surface area contributed by atoms with E-state index in [1.807, 2.05) is 26.2 Å². The first-order chi connectivity index (χ1) is 12.3. The molecule has 0 aromatic heterocycles. The molecule has 1 N–H and O–H groups in total. The van der Waals surface area contributed by atoms with Crippen LogP contribution in [0.2, 0.25) is 0 Å². The van der Waals surface area contributed by atoms with Crippen LogP contribution in [0.1, 0.15) is 11.1 Å². The maximum atomic E-state index is 12.4. The van der Waals surface area contributed by atoms with Gasteiger partial charge >= 0.3 is 0 Å². The highest BCUT2D eigenvalue weighted by Gasteiger charge is 2.24. The molecule has 26 heavy (non-hydrogen) atoms. The first-order valence-corrected chi connectivity index (χ1v) is 9.93. The highest BCUT2D eigenvalue weighted by Crippen LogP contribution is 2.16. The second kappa shape index (κ2) is 7.43. The van der Waals surface area contributed by atoms with Crippen LogP contribution >= 0.6 is 0 Å². The summed E-state index contributed by atoms with van der Waals surface area (Å²) in [5.41, 5.74) is 2.72. The molecule has 2 heterocycles. The van der Waals surface area contributed by atoms with E-state index in [-0.39, 0.29) is 11.7 Å². The maximum Gasteiger partial charge on any atom is 0.256 e. The first-order valence-electron chi connectivity index (χ1n) is 8.32. The summed E-state index contributed by atoms with van der Waals surface area (Å²) in [5.74, 6) is 0.102. The second-order valence-corrected chi connectivity index (χ2v) is 8.34. The molecule has 1 aromatic rings. The predicted octanol–water partition coefficient (Wildman–Crippen LogP) is 0.862. The molecule has 7 nitrogen and oxygen atoms in total. The molecular formula is C18H22N4O3S. The Balaban J connectivity index is 1.59. The van der Waals surface area contributed by atoms with Gasteiger partial charge in [0.25, 0.3) is 15.9 Å². The molecule has 0 fully saturated rings. The minimum Gasteiger partial charge on any atom is -0.348 e. The van der Waals surface area contributed by atoms with E-state index in [2.05, 4.69) is 26.7 Å². The van der Waals surface area contributed by atoms with Crippen LogP contribution in [0.5, 0.6) is 0 Å². The summed E-state index contributed by atoms with van der Waals surface area (Å²) in [6, 6.07) is 8.12. The number of sulfonamides is 1. The number of carbonyl (C=O) groups excluding carboxylic acids is 1. The lowest BCUT2D eigenvalue weighted by molar-refractivity contribution is -0.117. The second-order valence-electron chi connectivity index (χ2n) is 6.58. The number of carbonyl (C=O) groups is 1. The van der Waals surface area contributed by atoms with Crippen molar-refractivity contribution < 1.29 is 13.2 Å². The van der Waals surface area contributed by atoms with Crippen LogP contribution in [0.15, 0.2) is 52.6 Å². The summed E-state index contributed by atoms with van der Waals surface area (Å²) in [4.78, 5) is 16.1. The van der Waals surface area contributed by atoms with Crippen molar-refractivity contribution in [3.8, 4) is 0 Å². The van der Waals surface area contributed by atoms with E-state index in [0.29, 0.717) is 24.5 Å². The molecule has 0 aliphatic carbocycles. The molecule has 0 unspecified atom stereocenters. The highest BCUT2D eigenvalue weighted by atomic mass is 32.2. The zero-order chi connectivity index (χ0) is 18.7. The van der Waals surface area contributed by atoms with Crippen LogP contribution in [0.3, 0.4) is 0 Å². The molecule has 0 bridgehead atoms. The van der Waals surface area contributed by atoms with E-state index in [0.717, 1.165) is 12.1 Å². The van der Waals surface area contributed by atoms with Crippen molar-refractivity contribution in [2.24, 2.45) is 4.40 Å². The third-order valence-corrected chi connectivity index (χ3v) is 5.22. The molecule has 8 heteroatoms. The molecular weight excluding hydrogens is 352 g/mol. The number of amidine groups is 1. The van der Waals surface area contributed by atoms with Crippen molar-refractivity contribution in [2.75, 3.05) is 26.4 Å². The number of amides is 1. The van der Waals surface area contributed by atoms with E-state index in [1.165, 1.54) is 5.56 Å². The topological polar surface area (TPSA) is 82.1 Å². The monoisotopic (exact) mass is 374 g/mol. The molecule has 0 atom stereocenters. The fraction of sp³-hybridized carbons (Fsp3) is 0.333. The van der Waals surface area contributed by atoms with E-state index in [4.69, 9.17) is 0 Å². The summed E-state index contributed by atoms with van der Waals surface area (Å²) >= 11 is 0. The molecule has 3 rings (SSSR count). The Labute approximate surface area is 153 Å². The molecule has 1 amide bonds. The van der Waals surface area contributed by atoms with Crippen molar-refractivity contribution in [1.29, 1.82) is 0 Å². The largest absolute Gasteiger partial charge is 0.348 e. The Morgan fingerprint density at radius 2 is 1.88 bits per heavy atom. The van der Waals surface area contributed by atoms with Crippen LogP contribution in [-0.4, -0.2) is 56.4 Å². The van der Waals surface area contributed by atoms with E-state index < -0.39 is 10.0 Å². The molecule has 0 radical (unpaired) electrons. The van der Waals surface area contributed by atoms with Gasteiger partial charge in [0.15, 0.2) is 0 Å². The number of nitrogens with one attached hydrogen (secondary N) is 1. The number of hydrogen-bond donors (Lipinski definition) is 1. The van der Waals surface area contributed by atoms with Gasteiger partial charge in [-0.2, -0.15) is 0 Å². The molecule has 0 spiro atoms. The van der Waals surface area contributed by atoms with Crippen molar-refractivity contribution >= 4 is 21.8 Å². The predicted molar refractivity (Wildman–Crippen MR) is 101 cm³/mol. The number of benzene rings is 1. The normalized spacial score (nSPS) is 18.2. The smallest absolute Gasteiger partial charge is 0.256 e. The van der Waals surface area contributed by atoms with Crippen molar-refractivity contribution in [3.05, 3.63) is 59.3 Å². The third-order valence-electron chi connectivity index (χ3n) is 4.06. The molecule has 0 saturated carbocycles. The van der Waals surface area contributed by atoms with Gasteiger partial charge in [-0.3, -0.25) is 4.79 Å². The standard InChI is InChI=1S/C18H22N4O3S/c1-21(2)12-15-5-3-14(4-6-15)11-19-18(23)16-7-8-17-20-26(24,25)10-9-22(17)13-16/h3-8,13H,9-12H2,1-2H3,(H,19,23). The third kappa shape index (κ3) is 4.59. The summed E-state index contributed by atoms with van der Waals surface area (Å²) in [6.45, 7) is 1.61. The molecule has 2 aliphatic heterocycles. The lowest BCUT2D eigenvalue weighted by Gasteiger charge is -2.26. The number of rotatable bonds is 5. The van der Waals surface area contributed by atoms with Gasteiger partial charge in [-0.15, -0.1) is 4.40 Å². The lowest BCUT2D eigenvalue weighted by atomic mass is 10.1. The average molecular weight is 374 g/mol. The van der Waals surface area contributed by atoms with E-state index >= 15 is 0 Å². The zero-order valence-electron chi connectivity index (χ0n) is 14.8. The van der Waals surface area contributed by atoms with Gasteiger partial charge in [-0.1, -0.05) is 24.3 Å². The molecule has 1 aromatic carbocycles. The summed E-state index contributed by atoms with van der Waals surface area (Å²) in [7, 11) is 0.656.